The molecule has 5 fully saturated rings. The van der Waals surface area contributed by atoms with E-state index in [1.807, 2.05) is 18.2 Å². The van der Waals surface area contributed by atoms with Crippen molar-refractivity contribution in [1.82, 2.24) is 10.3 Å². The molecule has 3 atom stereocenters. The van der Waals surface area contributed by atoms with Gasteiger partial charge in [-0.3, -0.25) is 4.79 Å². The van der Waals surface area contributed by atoms with Gasteiger partial charge in [-0.15, -0.1) is 0 Å². The summed E-state index contributed by atoms with van der Waals surface area (Å²) in [5.74, 6) is 1.25. The summed E-state index contributed by atoms with van der Waals surface area (Å²) >= 11 is 6.34. The predicted molar refractivity (Wildman–Crippen MR) is 148 cm³/mol. The Morgan fingerprint density at radius 3 is 2.59 bits per heavy atom. The second-order valence-electron chi connectivity index (χ2n) is 11.9. The summed E-state index contributed by atoms with van der Waals surface area (Å²) in [6.07, 6.45) is 4.72. The lowest BCUT2D eigenvalue weighted by atomic mass is 9.52. The Labute approximate surface area is 233 Å². The molecule has 10 heteroatoms. The molecule has 3 N–H and O–H groups in total. The highest BCUT2D eigenvalue weighted by molar-refractivity contribution is 6.32. The van der Waals surface area contributed by atoms with Gasteiger partial charge in [-0.25, -0.2) is 9.78 Å². The van der Waals surface area contributed by atoms with E-state index in [9.17, 15) is 14.7 Å². The molecule has 1 amide bonds. The summed E-state index contributed by atoms with van der Waals surface area (Å²) in [6.45, 7) is 3.89. The molecule has 208 valence electrons. The number of benzene rings is 1. The highest BCUT2D eigenvalue weighted by Gasteiger charge is 2.55. The highest BCUT2D eigenvalue weighted by atomic mass is 35.5. The number of aliphatic hydroxyl groups is 1. The zero-order chi connectivity index (χ0) is 27.3. The van der Waals surface area contributed by atoms with Gasteiger partial charge in [0.25, 0.3) is 5.91 Å². The molecule has 0 radical (unpaired) electrons. The highest BCUT2D eigenvalue weighted by Crippen LogP contribution is 2.55. The number of carboxylic acids is 1. The van der Waals surface area contributed by atoms with E-state index in [-0.39, 0.29) is 18.0 Å². The maximum Gasteiger partial charge on any atom is 0.341 e. The van der Waals surface area contributed by atoms with Crippen LogP contribution in [0.4, 0.5) is 11.5 Å². The van der Waals surface area contributed by atoms with E-state index in [2.05, 4.69) is 22.0 Å². The summed E-state index contributed by atoms with van der Waals surface area (Å²) in [6, 6.07) is 11.3. The van der Waals surface area contributed by atoms with Gasteiger partial charge in [-0.1, -0.05) is 17.7 Å². The van der Waals surface area contributed by atoms with Crippen LogP contribution in [0.15, 0.2) is 36.4 Å². The van der Waals surface area contributed by atoms with Crippen LogP contribution in [-0.2, 0) is 4.79 Å². The van der Waals surface area contributed by atoms with Crippen molar-refractivity contribution in [3.8, 4) is 5.75 Å². The number of carbonyl (C=O) groups excluding carboxylic acids is 1. The zero-order valence-electron chi connectivity index (χ0n) is 22.1. The zero-order valence-corrected chi connectivity index (χ0v) is 22.8. The van der Waals surface area contributed by atoms with Gasteiger partial charge in [-0.2, -0.15) is 0 Å². The molecule has 2 aromatic rings. The molecular formula is C29H35ClN4O5. The number of piperazine rings is 1. The van der Waals surface area contributed by atoms with Crippen molar-refractivity contribution >= 4 is 35.0 Å². The summed E-state index contributed by atoms with van der Waals surface area (Å²) in [5.41, 5.74) is 0.851. The topological polar surface area (TPSA) is 115 Å². The van der Waals surface area contributed by atoms with Gasteiger partial charge in [0, 0.05) is 37.4 Å². The van der Waals surface area contributed by atoms with E-state index in [4.69, 9.17) is 26.4 Å². The molecule has 1 saturated heterocycles. The largest absolute Gasteiger partial charge is 0.480 e. The molecule has 4 saturated carbocycles. The normalized spacial score (nSPS) is 31.3. The minimum Gasteiger partial charge on any atom is -0.480 e. The number of rotatable bonds is 7. The van der Waals surface area contributed by atoms with Gasteiger partial charge in [0.05, 0.1) is 10.6 Å². The number of ether oxygens (including phenoxy) is 1. The lowest BCUT2D eigenvalue weighted by Crippen LogP contribution is -2.61. The fourth-order valence-corrected chi connectivity index (χ4v) is 7.86. The molecule has 1 aliphatic heterocycles. The number of nitrogens with zero attached hydrogens (tertiary/aromatic N) is 3. The first-order valence-electron chi connectivity index (χ1n) is 13.8. The monoisotopic (exact) mass is 554 g/mol. The van der Waals surface area contributed by atoms with Crippen molar-refractivity contribution in [2.45, 2.75) is 56.7 Å². The molecule has 39 heavy (non-hydrogen) atoms. The number of halogens is 1. The number of amides is 1. The predicted octanol–water partition coefficient (Wildman–Crippen LogP) is 3.58. The fourth-order valence-electron chi connectivity index (χ4n) is 7.63. The maximum atomic E-state index is 13.3. The van der Waals surface area contributed by atoms with Crippen LogP contribution in [0.2, 0.25) is 5.02 Å². The standard InChI is InChI=1S/C29H35ClN4O5/c1-17-15-33(21-5-6-24(22(30)11-21)39-16-26(35)36)7-8-34(17)25-4-2-3-23(31-25)28(37)32-27-19-9-18-10-20(27)14-29(38,12-18)13-19/h2-6,11,17-20,27,38H,7-10,12-16H2,1H3,(H,32,37)(H,35,36). The smallest absolute Gasteiger partial charge is 0.341 e. The minimum absolute atomic E-state index is 0.120. The van der Waals surface area contributed by atoms with E-state index < -0.39 is 18.2 Å². The van der Waals surface area contributed by atoms with Crippen LogP contribution in [0.3, 0.4) is 0 Å². The van der Waals surface area contributed by atoms with Crippen molar-refractivity contribution in [1.29, 1.82) is 0 Å². The quantitative estimate of drug-likeness (QED) is 0.476. The molecule has 2 heterocycles. The third kappa shape index (κ3) is 5.26. The Bertz CT molecular complexity index is 1260. The summed E-state index contributed by atoms with van der Waals surface area (Å²) in [5, 5.41) is 23.4. The van der Waals surface area contributed by atoms with Gasteiger partial charge in [0.15, 0.2) is 6.61 Å². The van der Waals surface area contributed by atoms with Gasteiger partial charge < -0.3 is 30.1 Å². The van der Waals surface area contributed by atoms with Gasteiger partial charge >= 0.3 is 5.97 Å². The molecule has 1 aromatic heterocycles. The molecule has 9 nitrogen and oxygen atoms in total. The Balaban J connectivity index is 1.09. The van der Waals surface area contributed by atoms with Crippen molar-refractivity contribution < 1.29 is 24.5 Å². The fraction of sp³-hybridized carbons (Fsp3) is 0.552. The number of aromatic nitrogens is 1. The van der Waals surface area contributed by atoms with Crippen LogP contribution in [0.5, 0.6) is 5.75 Å². The van der Waals surface area contributed by atoms with Crippen LogP contribution in [0.25, 0.3) is 0 Å². The van der Waals surface area contributed by atoms with E-state index in [1.54, 1.807) is 18.2 Å². The lowest BCUT2D eigenvalue weighted by molar-refractivity contribution is -0.139. The first kappa shape index (κ1) is 26.2. The van der Waals surface area contributed by atoms with Crippen LogP contribution >= 0.6 is 11.6 Å². The first-order chi connectivity index (χ1) is 18.7. The van der Waals surface area contributed by atoms with Crippen molar-refractivity contribution in [2.24, 2.45) is 17.8 Å². The number of hydrogen-bond acceptors (Lipinski definition) is 7. The van der Waals surface area contributed by atoms with Crippen LogP contribution in [-0.4, -0.2) is 71.0 Å². The molecule has 0 spiro atoms. The van der Waals surface area contributed by atoms with Crippen LogP contribution in [0.1, 0.15) is 49.5 Å². The Morgan fingerprint density at radius 2 is 1.92 bits per heavy atom. The number of anilines is 2. The second-order valence-corrected chi connectivity index (χ2v) is 12.3. The second kappa shape index (κ2) is 10.2. The van der Waals surface area contributed by atoms with E-state index >= 15 is 0 Å². The molecule has 7 rings (SSSR count). The van der Waals surface area contributed by atoms with Crippen molar-refractivity contribution in [3.05, 3.63) is 47.1 Å². The van der Waals surface area contributed by atoms with Crippen molar-refractivity contribution in [3.63, 3.8) is 0 Å². The average Bonchev–Trinajstić information content (AvgIpc) is 2.89. The van der Waals surface area contributed by atoms with Gasteiger partial charge in [0.1, 0.15) is 17.3 Å². The summed E-state index contributed by atoms with van der Waals surface area (Å²) in [4.78, 5) is 33.3. The number of hydrogen-bond donors (Lipinski definition) is 3. The molecule has 4 aliphatic carbocycles. The third-order valence-electron chi connectivity index (χ3n) is 9.06. The summed E-state index contributed by atoms with van der Waals surface area (Å²) in [7, 11) is 0. The Hall–Kier alpha value is -3.04. The molecule has 3 unspecified atom stereocenters. The number of aliphatic carboxylic acids is 1. The molecule has 4 bridgehead atoms. The number of pyridine rings is 1. The SMILES string of the molecule is CC1CN(c2ccc(OCC(=O)O)c(Cl)c2)CCN1c1cccc(C(=O)NC2C3CC4CC2CC(O)(C4)C3)n1. The lowest BCUT2D eigenvalue weighted by Gasteiger charge is -2.58. The number of carbonyl (C=O) groups is 2. The number of nitrogens with one attached hydrogen (secondary N) is 1. The first-order valence-corrected chi connectivity index (χ1v) is 14.2. The van der Waals surface area contributed by atoms with E-state index in [0.29, 0.717) is 34.2 Å². The molecule has 5 aliphatic rings. The average molecular weight is 555 g/mol. The minimum atomic E-state index is -1.05. The third-order valence-corrected chi connectivity index (χ3v) is 9.35. The summed E-state index contributed by atoms with van der Waals surface area (Å²) < 4.78 is 5.24. The van der Waals surface area contributed by atoms with Gasteiger partial charge in [0.2, 0.25) is 0 Å². The maximum absolute atomic E-state index is 13.3. The van der Waals surface area contributed by atoms with E-state index in [0.717, 1.165) is 63.2 Å². The van der Waals surface area contributed by atoms with E-state index in [1.165, 1.54) is 0 Å². The molecule has 1 aromatic carbocycles. The Morgan fingerprint density at radius 1 is 1.15 bits per heavy atom. The molecular weight excluding hydrogens is 520 g/mol. The van der Waals surface area contributed by atoms with Crippen LogP contribution in [0, 0.1) is 17.8 Å². The van der Waals surface area contributed by atoms with Crippen molar-refractivity contribution in [2.75, 3.05) is 36.0 Å². The number of carboxylic acid groups (broad SMARTS) is 1. The Kier molecular flexibility index (Phi) is 6.83. The van der Waals surface area contributed by atoms with Gasteiger partial charge in [-0.05, 0) is 87.1 Å². The van der Waals surface area contributed by atoms with Crippen LogP contribution < -0.4 is 19.9 Å².